The number of thiocarbonyl (C=S) groups is 1. The molecule has 1 aromatic carbocycles. The standard InChI is InChI=1S/C19H20N2O3S2/c1-20(2)15-10-8-14(9-11-15)6-4-3-5-7-16-18(24)21(19(25)26-16)13-12-17(22)23/h3-11H,12-13H2,1-2H3,(H,22,23). The van der Waals surface area contributed by atoms with E-state index in [2.05, 4.69) is 0 Å². The third-order valence-corrected chi connectivity index (χ3v) is 4.99. The van der Waals surface area contributed by atoms with Crippen LogP contribution < -0.4 is 4.90 Å². The first-order valence-electron chi connectivity index (χ1n) is 7.96. The van der Waals surface area contributed by atoms with E-state index in [9.17, 15) is 9.59 Å². The molecule has 1 aromatic rings. The molecule has 1 amide bonds. The zero-order valence-corrected chi connectivity index (χ0v) is 16.2. The fraction of sp³-hybridized carbons (Fsp3) is 0.211. The summed E-state index contributed by atoms with van der Waals surface area (Å²) in [7, 11) is 4.00. The highest BCUT2D eigenvalue weighted by Crippen LogP contribution is 2.30. The number of benzene rings is 1. The second kappa shape index (κ2) is 9.35. The van der Waals surface area contributed by atoms with Gasteiger partial charge in [0.15, 0.2) is 0 Å². The number of aliphatic carboxylic acids is 1. The number of hydrogen-bond acceptors (Lipinski definition) is 5. The van der Waals surface area contributed by atoms with Gasteiger partial charge in [0.1, 0.15) is 4.32 Å². The molecule has 1 heterocycles. The maximum absolute atomic E-state index is 12.2. The fourth-order valence-electron chi connectivity index (χ4n) is 2.17. The largest absolute Gasteiger partial charge is 0.481 e. The number of nitrogens with zero attached hydrogens (tertiary/aromatic N) is 2. The number of carboxylic acid groups (broad SMARTS) is 1. The Bertz CT molecular complexity index is 780. The van der Waals surface area contributed by atoms with Crippen molar-refractivity contribution >= 4 is 51.9 Å². The number of carbonyl (C=O) groups is 2. The molecule has 0 aliphatic carbocycles. The average Bonchev–Trinajstić information content (AvgIpc) is 2.86. The lowest BCUT2D eigenvalue weighted by atomic mass is 10.2. The first-order chi connectivity index (χ1) is 12.4. The summed E-state index contributed by atoms with van der Waals surface area (Å²) >= 11 is 6.32. The van der Waals surface area contributed by atoms with Crippen LogP contribution in [0.25, 0.3) is 6.08 Å². The van der Waals surface area contributed by atoms with E-state index in [1.165, 1.54) is 16.7 Å². The molecule has 0 saturated carbocycles. The molecule has 0 aromatic heterocycles. The molecule has 1 fully saturated rings. The molecule has 5 nitrogen and oxygen atoms in total. The molecule has 2 rings (SSSR count). The van der Waals surface area contributed by atoms with Crippen LogP contribution in [0.4, 0.5) is 5.69 Å². The zero-order chi connectivity index (χ0) is 19.1. The predicted molar refractivity (Wildman–Crippen MR) is 111 cm³/mol. The summed E-state index contributed by atoms with van der Waals surface area (Å²) in [6.07, 6.45) is 9.05. The van der Waals surface area contributed by atoms with Gasteiger partial charge in [-0.15, -0.1) is 0 Å². The maximum atomic E-state index is 12.2. The lowest BCUT2D eigenvalue weighted by Gasteiger charge is -2.12. The van der Waals surface area contributed by atoms with Crippen LogP contribution in [-0.4, -0.2) is 46.8 Å². The molecule has 136 valence electrons. The van der Waals surface area contributed by atoms with Crippen LogP contribution in [0.15, 0.2) is 53.5 Å². The third-order valence-electron chi connectivity index (χ3n) is 3.59. The molecule has 7 heteroatoms. The highest BCUT2D eigenvalue weighted by Gasteiger charge is 2.31. The number of hydrogen-bond donors (Lipinski definition) is 1. The van der Waals surface area contributed by atoms with Gasteiger partial charge in [0.25, 0.3) is 5.91 Å². The summed E-state index contributed by atoms with van der Waals surface area (Å²) in [5, 5.41) is 8.73. The summed E-state index contributed by atoms with van der Waals surface area (Å²) in [5.74, 6) is -1.19. The van der Waals surface area contributed by atoms with Crippen molar-refractivity contribution in [1.29, 1.82) is 0 Å². The van der Waals surface area contributed by atoms with Crippen LogP contribution in [0.5, 0.6) is 0 Å². The summed E-state index contributed by atoms with van der Waals surface area (Å²) in [4.78, 5) is 26.7. The Morgan fingerprint density at radius 2 is 1.92 bits per heavy atom. The van der Waals surface area contributed by atoms with Gasteiger partial charge in [0.2, 0.25) is 0 Å². The first kappa shape index (κ1) is 19.9. The highest BCUT2D eigenvalue weighted by molar-refractivity contribution is 8.26. The van der Waals surface area contributed by atoms with E-state index in [-0.39, 0.29) is 18.9 Å². The van der Waals surface area contributed by atoms with Gasteiger partial charge in [-0.05, 0) is 23.8 Å². The first-order valence-corrected chi connectivity index (χ1v) is 9.19. The predicted octanol–water partition coefficient (Wildman–Crippen LogP) is 3.54. The van der Waals surface area contributed by atoms with Crippen LogP contribution in [0.3, 0.4) is 0 Å². The van der Waals surface area contributed by atoms with E-state index in [1.54, 1.807) is 12.2 Å². The molecular weight excluding hydrogens is 368 g/mol. The monoisotopic (exact) mass is 388 g/mol. The molecule has 1 aliphatic heterocycles. The Labute approximate surface area is 162 Å². The van der Waals surface area contributed by atoms with Crippen LogP contribution in [0, 0.1) is 0 Å². The quantitative estimate of drug-likeness (QED) is 0.438. The Kier molecular flexibility index (Phi) is 7.17. The summed E-state index contributed by atoms with van der Waals surface area (Å²) in [5.41, 5.74) is 2.22. The Hall–Kier alpha value is -2.38. The molecule has 0 atom stereocenters. The number of carboxylic acids is 1. The maximum Gasteiger partial charge on any atom is 0.305 e. The number of allylic oxidation sites excluding steroid dienone is 4. The third kappa shape index (κ3) is 5.57. The van der Waals surface area contributed by atoms with E-state index < -0.39 is 5.97 Å². The Morgan fingerprint density at radius 3 is 2.54 bits per heavy atom. The second-order valence-corrected chi connectivity index (χ2v) is 7.41. The summed E-state index contributed by atoms with van der Waals surface area (Å²) in [6.45, 7) is 0.101. The van der Waals surface area contributed by atoms with Crippen molar-refractivity contribution in [2.75, 3.05) is 25.5 Å². The van der Waals surface area contributed by atoms with Crippen molar-refractivity contribution in [3.05, 3.63) is 59.0 Å². The molecule has 1 saturated heterocycles. The van der Waals surface area contributed by atoms with E-state index in [0.29, 0.717) is 9.23 Å². The van der Waals surface area contributed by atoms with E-state index in [1.807, 2.05) is 61.5 Å². The molecule has 0 spiro atoms. The number of anilines is 1. The van der Waals surface area contributed by atoms with Crippen molar-refractivity contribution in [2.24, 2.45) is 0 Å². The van der Waals surface area contributed by atoms with Crippen molar-refractivity contribution < 1.29 is 14.7 Å². The number of rotatable bonds is 7. The summed E-state index contributed by atoms with van der Waals surface area (Å²) < 4.78 is 0.396. The van der Waals surface area contributed by atoms with Gasteiger partial charge in [0.05, 0.1) is 11.3 Å². The molecule has 1 aliphatic rings. The number of carbonyl (C=O) groups excluding carboxylic acids is 1. The second-order valence-electron chi connectivity index (χ2n) is 5.73. The minimum Gasteiger partial charge on any atom is -0.481 e. The Balaban J connectivity index is 1.93. The molecule has 26 heavy (non-hydrogen) atoms. The van der Waals surface area contributed by atoms with Gasteiger partial charge in [-0.25, -0.2) is 0 Å². The minimum absolute atomic E-state index is 0.101. The van der Waals surface area contributed by atoms with Crippen molar-refractivity contribution in [1.82, 2.24) is 4.90 Å². The van der Waals surface area contributed by atoms with E-state index >= 15 is 0 Å². The fourth-order valence-corrected chi connectivity index (χ4v) is 3.43. The van der Waals surface area contributed by atoms with Gasteiger partial charge >= 0.3 is 5.97 Å². The van der Waals surface area contributed by atoms with E-state index in [4.69, 9.17) is 17.3 Å². The Morgan fingerprint density at radius 1 is 1.23 bits per heavy atom. The van der Waals surface area contributed by atoms with Gasteiger partial charge in [0, 0.05) is 26.3 Å². The van der Waals surface area contributed by atoms with Gasteiger partial charge in [-0.1, -0.05) is 60.4 Å². The van der Waals surface area contributed by atoms with Gasteiger partial charge in [-0.3, -0.25) is 14.5 Å². The van der Waals surface area contributed by atoms with Crippen LogP contribution in [0.1, 0.15) is 12.0 Å². The van der Waals surface area contributed by atoms with Crippen molar-refractivity contribution in [3.63, 3.8) is 0 Å². The summed E-state index contributed by atoms with van der Waals surface area (Å²) in [6, 6.07) is 8.16. The molecule has 0 bridgehead atoms. The molecule has 0 unspecified atom stereocenters. The van der Waals surface area contributed by atoms with Crippen molar-refractivity contribution in [2.45, 2.75) is 6.42 Å². The smallest absolute Gasteiger partial charge is 0.305 e. The van der Waals surface area contributed by atoms with Gasteiger partial charge < -0.3 is 10.0 Å². The van der Waals surface area contributed by atoms with E-state index in [0.717, 1.165) is 11.3 Å². The lowest BCUT2D eigenvalue weighted by Crippen LogP contribution is -2.30. The van der Waals surface area contributed by atoms with Crippen LogP contribution in [0.2, 0.25) is 0 Å². The molecular formula is C19H20N2O3S2. The topological polar surface area (TPSA) is 60.9 Å². The van der Waals surface area contributed by atoms with Crippen LogP contribution in [-0.2, 0) is 9.59 Å². The normalized spacial score (nSPS) is 16.4. The molecule has 0 radical (unpaired) electrons. The number of thioether (sulfide) groups is 1. The minimum atomic E-state index is -0.952. The lowest BCUT2D eigenvalue weighted by molar-refractivity contribution is -0.137. The zero-order valence-electron chi connectivity index (χ0n) is 14.6. The van der Waals surface area contributed by atoms with Gasteiger partial charge in [-0.2, -0.15) is 0 Å². The van der Waals surface area contributed by atoms with Crippen molar-refractivity contribution in [3.8, 4) is 0 Å². The van der Waals surface area contributed by atoms with Crippen LogP contribution >= 0.6 is 24.0 Å². The highest BCUT2D eigenvalue weighted by atomic mass is 32.2. The SMILES string of the molecule is CN(C)c1ccc(C=CC=CC=C2SC(=S)N(CCC(=O)O)C2=O)cc1. The average molecular weight is 389 g/mol. The number of amides is 1. The molecule has 1 N–H and O–H groups in total.